The molecule has 1 atom stereocenters. The van der Waals surface area contributed by atoms with E-state index in [4.69, 9.17) is 9.47 Å². The highest BCUT2D eigenvalue weighted by molar-refractivity contribution is 5.62. The van der Waals surface area contributed by atoms with Gasteiger partial charge in [-0.3, -0.25) is 10.1 Å². The zero-order valence-corrected chi connectivity index (χ0v) is 12.3. The summed E-state index contributed by atoms with van der Waals surface area (Å²) >= 11 is 0. The quantitative estimate of drug-likeness (QED) is 0.589. The van der Waals surface area contributed by atoms with E-state index >= 15 is 0 Å². The number of hydrogen-bond acceptors (Lipinski definition) is 5. The number of hydrogen-bond donors (Lipinski definition) is 1. The number of nitrogens with one attached hydrogen (secondary N) is 1. The van der Waals surface area contributed by atoms with Crippen molar-refractivity contribution in [2.75, 3.05) is 25.1 Å². The van der Waals surface area contributed by atoms with Gasteiger partial charge in [0.05, 0.1) is 24.2 Å². The normalized spacial score (nSPS) is 17.9. The predicted molar refractivity (Wildman–Crippen MR) is 80.5 cm³/mol. The summed E-state index contributed by atoms with van der Waals surface area (Å²) in [6.45, 7) is 4.57. The third-order valence-electron chi connectivity index (χ3n) is 3.42. The Kier molecular flexibility index (Phi) is 5.95. The lowest BCUT2D eigenvalue weighted by atomic mass is 10.1. The van der Waals surface area contributed by atoms with Gasteiger partial charge in [-0.25, -0.2) is 0 Å². The van der Waals surface area contributed by atoms with E-state index in [1.165, 1.54) is 6.07 Å². The van der Waals surface area contributed by atoms with Crippen molar-refractivity contribution in [2.24, 2.45) is 0 Å². The Bertz CT molecular complexity index is 473. The summed E-state index contributed by atoms with van der Waals surface area (Å²) in [5, 5.41) is 14.1. The van der Waals surface area contributed by atoms with Crippen molar-refractivity contribution in [3.8, 4) is 0 Å². The zero-order valence-electron chi connectivity index (χ0n) is 12.3. The van der Waals surface area contributed by atoms with E-state index in [2.05, 4.69) is 5.32 Å². The van der Waals surface area contributed by atoms with Gasteiger partial charge in [0.25, 0.3) is 5.69 Å². The molecule has 0 radical (unpaired) electrons. The third kappa shape index (κ3) is 4.68. The number of rotatable bonds is 8. The third-order valence-corrected chi connectivity index (χ3v) is 3.42. The van der Waals surface area contributed by atoms with Crippen LogP contribution in [0.4, 0.5) is 11.4 Å². The molecule has 1 N–H and O–H groups in total. The van der Waals surface area contributed by atoms with Crippen molar-refractivity contribution < 1.29 is 14.4 Å². The second-order valence-electron chi connectivity index (χ2n) is 5.19. The van der Waals surface area contributed by atoms with Crippen LogP contribution in [0.5, 0.6) is 0 Å². The molecule has 0 aromatic heterocycles. The second kappa shape index (κ2) is 7.95. The molecule has 0 spiro atoms. The lowest BCUT2D eigenvalue weighted by Gasteiger charge is -2.11. The van der Waals surface area contributed by atoms with Crippen LogP contribution in [-0.4, -0.2) is 30.8 Å². The van der Waals surface area contributed by atoms with Crippen LogP contribution in [0.3, 0.4) is 0 Å². The summed E-state index contributed by atoms with van der Waals surface area (Å²) in [7, 11) is 0. The zero-order chi connectivity index (χ0) is 15.1. The van der Waals surface area contributed by atoms with E-state index in [9.17, 15) is 10.1 Å². The van der Waals surface area contributed by atoms with Gasteiger partial charge in [-0.05, 0) is 37.0 Å². The molecular weight excluding hydrogens is 272 g/mol. The first-order chi connectivity index (χ1) is 10.2. The number of benzene rings is 1. The summed E-state index contributed by atoms with van der Waals surface area (Å²) in [5.41, 5.74) is 1.59. The molecule has 1 aromatic rings. The van der Waals surface area contributed by atoms with Gasteiger partial charge in [-0.2, -0.15) is 0 Å². The fraction of sp³-hybridized carbons (Fsp3) is 0.600. The van der Waals surface area contributed by atoms with Gasteiger partial charge in [0.1, 0.15) is 5.69 Å². The lowest BCUT2D eigenvalue weighted by molar-refractivity contribution is -0.384. The molecule has 0 bridgehead atoms. The molecule has 6 heteroatoms. The smallest absolute Gasteiger partial charge is 0.292 e. The van der Waals surface area contributed by atoms with Crippen molar-refractivity contribution in [1.82, 2.24) is 0 Å². The number of nitro benzene ring substituents is 1. The second-order valence-corrected chi connectivity index (χ2v) is 5.19. The van der Waals surface area contributed by atoms with Crippen LogP contribution in [0.1, 0.15) is 31.7 Å². The SMILES string of the molecule is CCCNc1cc(COCC2CCCO2)ccc1[N+](=O)[O-]. The first-order valence-corrected chi connectivity index (χ1v) is 7.41. The van der Waals surface area contributed by atoms with Crippen LogP contribution < -0.4 is 5.32 Å². The van der Waals surface area contributed by atoms with E-state index < -0.39 is 0 Å². The van der Waals surface area contributed by atoms with E-state index in [0.717, 1.165) is 31.4 Å². The van der Waals surface area contributed by atoms with E-state index in [-0.39, 0.29) is 16.7 Å². The summed E-state index contributed by atoms with van der Waals surface area (Å²) < 4.78 is 11.1. The van der Waals surface area contributed by atoms with Crippen LogP contribution in [0.25, 0.3) is 0 Å². The monoisotopic (exact) mass is 294 g/mol. The molecule has 1 aliphatic rings. The van der Waals surface area contributed by atoms with Gasteiger partial charge in [0.2, 0.25) is 0 Å². The lowest BCUT2D eigenvalue weighted by Crippen LogP contribution is -2.14. The Morgan fingerprint density at radius 2 is 2.38 bits per heavy atom. The predicted octanol–water partition coefficient (Wildman–Crippen LogP) is 3.11. The summed E-state index contributed by atoms with van der Waals surface area (Å²) in [4.78, 5) is 10.6. The number of nitrogens with zero attached hydrogens (tertiary/aromatic N) is 1. The van der Waals surface area contributed by atoms with Crippen molar-refractivity contribution in [3.63, 3.8) is 0 Å². The molecule has 0 amide bonds. The fourth-order valence-corrected chi connectivity index (χ4v) is 2.32. The standard InChI is InChI=1S/C15H22N2O4/c1-2-7-16-14-9-12(5-6-15(14)17(18)19)10-20-11-13-4-3-8-21-13/h5-6,9,13,16H,2-4,7-8,10-11H2,1H3. The molecule has 1 fully saturated rings. The molecule has 21 heavy (non-hydrogen) atoms. The molecule has 1 heterocycles. The van der Waals surface area contributed by atoms with Crippen LogP contribution in [0, 0.1) is 10.1 Å². The molecule has 116 valence electrons. The van der Waals surface area contributed by atoms with Gasteiger partial charge in [-0.1, -0.05) is 6.92 Å². The minimum absolute atomic E-state index is 0.103. The van der Waals surface area contributed by atoms with Gasteiger partial charge < -0.3 is 14.8 Å². The van der Waals surface area contributed by atoms with Gasteiger partial charge in [0, 0.05) is 19.2 Å². The van der Waals surface area contributed by atoms with Crippen LogP contribution in [0.15, 0.2) is 18.2 Å². The molecule has 0 saturated carbocycles. The van der Waals surface area contributed by atoms with Gasteiger partial charge in [-0.15, -0.1) is 0 Å². The Balaban J connectivity index is 1.93. The van der Waals surface area contributed by atoms with Crippen LogP contribution in [-0.2, 0) is 16.1 Å². The number of ether oxygens (including phenoxy) is 2. The maximum atomic E-state index is 11.0. The average Bonchev–Trinajstić information content (AvgIpc) is 2.98. The Morgan fingerprint density at radius 3 is 3.05 bits per heavy atom. The molecule has 1 saturated heterocycles. The topological polar surface area (TPSA) is 73.6 Å². The van der Waals surface area contributed by atoms with E-state index in [0.29, 0.717) is 25.4 Å². The van der Waals surface area contributed by atoms with Crippen LogP contribution in [0.2, 0.25) is 0 Å². The van der Waals surface area contributed by atoms with E-state index in [1.807, 2.05) is 6.92 Å². The summed E-state index contributed by atoms with van der Waals surface area (Å²) in [5.74, 6) is 0. The van der Waals surface area contributed by atoms with Gasteiger partial charge in [0.15, 0.2) is 0 Å². The molecule has 6 nitrogen and oxygen atoms in total. The molecule has 2 rings (SSSR count). The minimum Gasteiger partial charge on any atom is -0.379 e. The maximum Gasteiger partial charge on any atom is 0.292 e. The highest BCUT2D eigenvalue weighted by atomic mass is 16.6. The molecular formula is C15H22N2O4. The summed E-state index contributed by atoms with van der Waals surface area (Å²) in [6, 6.07) is 5.07. The Hall–Kier alpha value is -1.66. The van der Waals surface area contributed by atoms with Crippen molar-refractivity contribution in [3.05, 3.63) is 33.9 Å². The molecule has 1 unspecified atom stereocenters. The number of nitro groups is 1. The highest BCUT2D eigenvalue weighted by Crippen LogP contribution is 2.26. The maximum absolute atomic E-state index is 11.0. The van der Waals surface area contributed by atoms with E-state index in [1.54, 1.807) is 12.1 Å². The first-order valence-electron chi connectivity index (χ1n) is 7.41. The van der Waals surface area contributed by atoms with Gasteiger partial charge >= 0.3 is 0 Å². The van der Waals surface area contributed by atoms with Crippen molar-refractivity contribution in [2.45, 2.75) is 38.9 Å². The Morgan fingerprint density at radius 1 is 1.52 bits per heavy atom. The van der Waals surface area contributed by atoms with Crippen molar-refractivity contribution in [1.29, 1.82) is 0 Å². The fourth-order valence-electron chi connectivity index (χ4n) is 2.32. The molecule has 1 aromatic carbocycles. The molecule has 1 aliphatic heterocycles. The van der Waals surface area contributed by atoms with Crippen LogP contribution >= 0.6 is 0 Å². The minimum atomic E-state index is -0.366. The average molecular weight is 294 g/mol. The molecule has 0 aliphatic carbocycles. The van der Waals surface area contributed by atoms with Crippen molar-refractivity contribution >= 4 is 11.4 Å². The number of anilines is 1. The summed E-state index contributed by atoms with van der Waals surface area (Å²) in [6.07, 6.45) is 3.25. The largest absolute Gasteiger partial charge is 0.379 e. The Labute approximate surface area is 124 Å². The highest BCUT2D eigenvalue weighted by Gasteiger charge is 2.16. The first kappa shape index (κ1) is 15.7.